The topological polar surface area (TPSA) is 63.4 Å². The van der Waals surface area contributed by atoms with Crippen molar-refractivity contribution in [1.82, 2.24) is 4.31 Å². The van der Waals surface area contributed by atoms with Gasteiger partial charge in [-0.3, -0.25) is 0 Å². The van der Waals surface area contributed by atoms with E-state index in [0.717, 1.165) is 19.3 Å². The molecule has 0 aromatic heterocycles. The van der Waals surface area contributed by atoms with Crippen molar-refractivity contribution in [2.24, 2.45) is 11.7 Å². The maximum absolute atomic E-state index is 11.8. The smallest absolute Gasteiger partial charge is 0.214 e. The van der Waals surface area contributed by atoms with Crippen LogP contribution in [-0.4, -0.2) is 38.1 Å². The second-order valence-corrected chi connectivity index (χ2v) is 5.87. The van der Waals surface area contributed by atoms with Crippen LogP contribution < -0.4 is 5.73 Å². The predicted octanol–water partition coefficient (Wildman–Crippen LogP) is 0.397. The SMILES string of the molecule is CCN(CCCN)S(=O)(=O)CC1CC1. The highest BCUT2D eigenvalue weighted by Crippen LogP contribution is 2.31. The van der Waals surface area contributed by atoms with E-state index >= 15 is 0 Å². The summed E-state index contributed by atoms with van der Waals surface area (Å²) in [6.07, 6.45) is 2.90. The molecule has 0 aromatic carbocycles. The van der Waals surface area contributed by atoms with Gasteiger partial charge in [0.15, 0.2) is 0 Å². The summed E-state index contributed by atoms with van der Waals surface area (Å²) in [5, 5.41) is 0. The van der Waals surface area contributed by atoms with E-state index in [1.807, 2.05) is 6.92 Å². The minimum atomic E-state index is -3.00. The molecule has 1 aliphatic rings. The number of nitrogens with two attached hydrogens (primary N) is 1. The van der Waals surface area contributed by atoms with Crippen LogP contribution in [0.1, 0.15) is 26.2 Å². The molecule has 0 aromatic rings. The first-order valence-corrected chi connectivity index (χ1v) is 6.89. The Labute approximate surface area is 86.5 Å². The molecule has 0 unspecified atom stereocenters. The zero-order valence-corrected chi connectivity index (χ0v) is 9.59. The highest BCUT2D eigenvalue weighted by Gasteiger charge is 2.30. The first-order valence-electron chi connectivity index (χ1n) is 5.28. The van der Waals surface area contributed by atoms with Gasteiger partial charge in [0.2, 0.25) is 10.0 Å². The lowest BCUT2D eigenvalue weighted by molar-refractivity contribution is 0.421. The number of nitrogens with zero attached hydrogens (tertiary/aromatic N) is 1. The van der Waals surface area contributed by atoms with Gasteiger partial charge in [-0.1, -0.05) is 6.92 Å². The summed E-state index contributed by atoms with van der Waals surface area (Å²) in [6.45, 7) is 3.56. The van der Waals surface area contributed by atoms with E-state index in [9.17, 15) is 8.42 Å². The fourth-order valence-electron chi connectivity index (χ4n) is 1.45. The zero-order chi connectivity index (χ0) is 10.6. The van der Waals surface area contributed by atoms with Crippen molar-refractivity contribution in [3.8, 4) is 0 Å². The van der Waals surface area contributed by atoms with Crippen LogP contribution in [0, 0.1) is 5.92 Å². The maximum atomic E-state index is 11.8. The summed E-state index contributed by atoms with van der Waals surface area (Å²) >= 11 is 0. The summed E-state index contributed by atoms with van der Waals surface area (Å²) in [6, 6.07) is 0. The first-order chi connectivity index (χ1) is 6.60. The minimum Gasteiger partial charge on any atom is -0.330 e. The molecule has 1 aliphatic carbocycles. The highest BCUT2D eigenvalue weighted by molar-refractivity contribution is 7.89. The van der Waals surface area contributed by atoms with Crippen molar-refractivity contribution in [1.29, 1.82) is 0 Å². The minimum absolute atomic E-state index is 0.339. The van der Waals surface area contributed by atoms with Gasteiger partial charge < -0.3 is 5.73 Å². The van der Waals surface area contributed by atoms with Gasteiger partial charge in [-0.25, -0.2) is 12.7 Å². The Morgan fingerprint density at radius 1 is 1.43 bits per heavy atom. The third-order valence-electron chi connectivity index (χ3n) is 2.50. The fraction of sp³-hybridized carbons (Fsp3) is 1.00. The van der Waals surface area contributed by atoms with Gasteiger partial charge in [-0.05, 0) is 31.7 Å². The van der Waals surface area contributed by atoms with E-state index in [0.29, 0.717) is 31.3 Å². The molecular formula is C9H20N2O2S. The lowest BCUT2D eigenvalue weighted by Crippen LogP contribution is -2.35. The van der Waals surface area contributed by atoms with Gasteiger partial charge in [0.1, 0.15) is 0 Å². The standard InChI is InChI=1S/C9H20N2O2S/c1-2-11(7-3-6-10)14(12,13)8-9-4-5-9/h9H,2-8,10H2,1H3. The van der Waals surface area contributed by atoms with E-state index in [1.54, 1.807) is 4.31 Å². The van der Waals surface area contributed by atoms with Crippen molar-refractivity contribution in [2.75, 3.05) is 25.4 Å². The summed E-state index contributed by atoms with van der Waals surface area (Å²) < 4.78 is 25.2. The van der Waals surface area contributed by atoms with Crippen LogP contribution in [-0.2, 0) is 10.0 Å². The molecule has 0 bridgehead atoms. The summed E-state index contributed by atoms with van der Waals surface area (Å²) in [4.78, 5) is 0. The van der Waals surface area contributed by atoms with Crippen molar-refractivity contribution < 1.29 is 8.42 Å². The quantitative estimate of drug-likeness (QED) is 0.675. The number of sulfonamides is 1. The number of hydrogen-bond acceptors (Lipinski definition) is 3. The molecule has 2 N–H and O–H groups in total. The summed E-state index contributed by atoms with van der Waals surface area (Å²) in [7, 11) is -3.00. The van der Waals surface area contributed by atoms with Crippen molar-refractivity contribution in [2.45, 2.75) is 26.2 Å². The van der Waals surface area contributed by atoms with Crippen LogP contribution >= 0.6 is 0 Å². The van der Waals surface area contributed by atoms with Crippen LogP contribution in [0.5, 0.6) is 0 Å². The van der Waals surface area contributed by atoms with Crippen LogP contribution in [0.25, 0.3) is 0 Å². The van der Waals surface area contributed by atoms with Crippen molar-refractivity contribution in [3.63, 3.8) is 0 Å². The van der Waals surface area contributed by atoms with Gasteiger partial charge in [-0.15, -0.1) is 0 Å². The van der Waals surface area contributed by atoms with Crippen molar-refractivity contribution in [3.05, 3.63) is 0 Å². The molecule has 0 spiro atoms. The Morgan fingerprint density at radius 2 is 2.07 bits per heavy atom. The van der Waals surface area contributed by atoms with Crippen molar-refractivity contribution >= 4 is 10.0 Å². The molecule has 84 valence electrons. The van der Waals surface area contributed by atoms with Gasteiger partial charge in [0.25, 0.3) is 0 Å². The summed E-state index contributed by atoms with van der Waals surface area (Å²) in [5.41, 5.74) is 5.37. The van der Waals surface area contributed by atoms with Crippen LogP contribution in [0.15, 0.2) is 0 Å². The number of hydrogen-bond donors (Lipinski definition) is 1. The van der Waals surface area contributed by atoms with Crippen LogP contribution in [0.4, 0.5) is 0 Å². The Hall–Kier alpha value is -0.130. The normalized spacial score (nSPS) is 17.6. The molecule has 1 saturated carbocycles. The zero-order valence-electron chi connectivity index (χ0n) is 8.78. The predicted molar refractivity (Wildman–Crippen MR) is 57.4 cm³/mol. The molecule has 0 aliphatic heterocycles. The second kappa shape index (κ2) is 5.09. The van der Waals surface area contributed by atoms with Crippen LogP contribution in [0.2, 0.25) is 0 Å². The van der Waals surface area contributed by atoms with E-state index in [2.05, 4.69) is 0 Å². The molecule has 0 atom stereocenters. The third kappa shape index (κ3) is 3.55. The molecule has 5 heteroatoms. The Balaban J connectivity index is 2.47. The monoisotopic (exact) mass is 220 g/mol. The van der Waals surface area contributed by atoms with E-state index in [4.69, 9.17) is 5.73 Å². The Bertz CT molecular complexity index is 260. The highest BCUT2D eigenvalue weighted by atomic mass is 32.2. The van der Waals surface area contributed by atoms with Gasteiger partial charge in [0.05, 0.1) is 5.75 Å². The Morgan fingerprint density at radius 3 is 2.50 bits per heavy atom. The molecule has 0 amide bonds. The average molecular weight is 220 g/mol. The third-order valence-corrected chi connectivity index (χ3v) is 4.62. The van der Waals surface area contributed by atoms with Crippen LogP contribution in [0.3, 0.4) is 0 Å². The Kier molecular flexibility index (Phi) is 4.34. The molecule has 1 rings (SSSR count). The molecule has 0 radical (unpaired) electrons. The summed E-state index contributed by atoms with van der Waals surface area (Å²) in [5.74, 6) is 0.762. The van der Waals surface area contributed by atoms with E-state index in [1.165, 1.54) is 0 Å². The maximum Gasteiger partial charge on any atom is 0.214 e. The fourth-order valence-corrected chi connectivity index (χ4v) is 3.39. The lowest BCUT2D eigenvalue weighted by atomic mass is 10.4. The number of rotatable bonds is 7. The van der Waals surface area contributed by atoms with Gasteiger partial charge in [0, 0.05) is 13.1 Å². The molecule has 4 nitrogen and oxygen atoms in total. The molecule has 0 saturated heterocycles. The lowest BCUT2D eigenvalue weighted by Gasteiger charge is -2.19. The molecule has 1 fully saturated rings. The second-order valence-electron chi connectivity index (χ2n) is 3.86. The van der Waals surface area contributed by atoms with Gasteiger partial charge >= 0.3 is 0 Å². The van der Waals surface area contributed by atoms with E-state index < -0.39 is 10.0 Å². The average Bonchev–Trinajstić information content (AvgIpc) is 2.88. The largest absolute Gasteiger partial charge is 0.330 e. The molecule has 14 heavy (non-hydrogen) atoms. The van der Waals surface area contributed by atoms with Gasteiger partial charge in [-0.2, -0.15) is 0 Å². The first kappa shape index (κ1) is 11.9. The molecular weight excluding hydrogens is 200 g/mol. The van der Waals surface area contributed by atoms with E-state index in [-0.39, 0.29) is 0 Å². The molecule has 0 heterocycles.